The summed E-state index contributed by atoms with van der Waals surface area (Å²) < 4.78 is 11.6. The molecule has 0 amide bonds. The van der Waals surface area contributed by atoms with E-state index in [0.717, 1.165) is 12.0 Å². The van der Waals surface area contributed by atoms with Gasteiger partial charge in [-0.1, -0.05) is 42.5 Å². The van der Waals surface area contributed by atoms with Crippen LogP contribution in [-0.4, -0.2) is 6.10 Å². The first-order valence-corrected chi connectivity index (χ1v) is 6.92. The summed E-state index contributed by atoms with van der Waals surface area (Å²) in [6.07, 6.45) is 2.78. The van der Waals surface area contributed by atoms with E-state index in [1.165, 1.54) is 22.3 Å². The number of hydrogen-bond donors (Lipinski definition) is 0. The highest BCUT2D eigenvalue weighted by Gasteiger charge is 2.26. The monoisotopic (exact) mass is 263 g/mol. The molecule has 2 aromatic rings. The van der Waals surface area contributed by atoms with Gasteiger partial charge in [0.1, 0.15) is 6.61 Å². The van der Waals surface area contributed by atoms with Crippen molar-refractivity contribution in [2.75, 3.05) is 0 Å². The Bertz CT molecular complexity index is 673. The normalized spacial score (nSPS) is 20.4. The van der Waals surface area contributed by atoms with Gasteiger partial charge in [-0.15, -0.1) is 0 Å². The van der Waals surface area contributed by atoms with Gasteiger partial charge < -0.3 is 9.47 Å². The van der Waals surface area contributed by atoms with E-state index in [1.54, 1.807) is 0 Å². The van der Waals surface area contributed by atoms with Crippen molar-refractivity contribution in [2.24, 2.45) is 0 Å². The second-order valence-electron chi connectivity index (χ2n) is 5.22. The summed E-state index contributed by atoms with van der Waals surface area (Å²) in [4.78, 5) is 0. The molecule has 1 radical (unpaired) electrons. The lowest BCUT2D eigenvalue weighted by Gasteiger charge is -2.29. The number of hydrogen-bond acceptors (Lipinski definition) is 2. The lowest BCUT2D eigenvalue weighted by molar-refractivity contribution is 0.0630. The predicted molar refractivity (Wildman–Crippen MR) is 76.8 cm³/mol. The van der Waals surface area contributed by atoms with Gasteiger partial charge in [-0.25, -0.2) is 0 Å². The van der Waals surface area contributed by atoms with E-state index >= 15 is 0 Å². The van der Waals surface area contributed by atoms with E-state index in [0.29, 0.717) is 13.2 Å². The summed E-state index contributed by atoms with van der Waals surface area (Å²) in [6.45, 7) is 1.30. The van der Waals surface area contributed by atoms with Gasteiger partial charge in [0.2, 0.25) is 0 Å². The van der Waals surface area contributed by atoms with Crippen LogP contribution in [0.5, 0.6) is 0 Å². The Labute approximate surface area is 118 Å². The molecule has 20 heavy (non-hydrogen) atoms. The molecule has 2 nitrogen and oxygen atoms in total. The van der Waals surface area contributed by atoms with Gasteiger partial charge in [0.05, 0.1) is 19.0 Å². The van der Waals surface area contributed by atoms with Crippen molar-refractivity contribution >= 4 is 5.57 Å². The van der Waals surface area contributed by atoms with Crippen molar-refractivity contribution in [3.63, 3.8) is 0 Å². The molecule has 0 fully saturated rings. The van der Waals surface area contributed by atoms with Crippen molar-refractivity contribution < 1.29 is 9.47 Å². The molecule has 0 spiro atoms. The summed E-state index contributed by atoms with van der Waals surface area (Å²) in [7, 11) is 0. The average Bonchev–Trinajstić information content (AvgIpc) is 2.54. The minimum atomic E-state index is 0.0580. The average molecular weight is 263 g/mol. The first-order chi connectivity index (χ1) is 9.92. The summed E-state index contributed by atoms with van der Waals surface area (Å²) >= 11 is 0. The Balaban J connectivity index is 1.68. The lowest BCUT2D eigenvalue weighted by atomic mass is 9.89. The van der Waals surface area contributed by atoms with Gasteiger partial charge in [0.25, 0.3) is 0 Å². The van der Waals surface area contributed by atoms with Crippen LogP contribution in [0.25, 0.3) is 5.57 Å². The van der Waals surface area contributed by atoms with E-state index < -0.39 is 0 Å². The highest BCUT2D eigenvalue weighted by Crippen LogP contribution is 2.33. The third-order valence-electron chi connectivity index (χ3n) is 3.99. The van der Waals surface area contributed by atoms with Crippen LogP contribution in [0.2, 0.25) is 0 Å². The molecular weight excluding hydrogens is 248 g/mol. The zero-order chi connectivity index (χ0) is 13.4. The van der Waals surface area contributed by atoms with E-state index in [9.17, 15) is 0 Å². The molecule has 1 atom stereocenters. The molecule has 0 N–H and O–H groups in total. The number of benzene rings is 2. The van der Waals surface area contributed by atoms with Crippen molar-refractivity contribution in [1.82, 2.24) is 0 Å². The van der Waals surface area contributed by atoms with Crippen LogP contribution in [0.4, 0.5) is 0 Å². The molecular formula is C18H15O2. The third kappa shape index (κ3) is 1.93. The molecule has 2 aliphatic rings. The molecule has 0 bridgehead atoms. The molecule has 2 heterocycles. The molecule has 4 rings (SSSR count). The molecule has 0 aromatic heterocycles. The van der Waals surface area contributed by atoms with E-state index in [1.807, 2.05) is 18.4 Å². The van der Waals surface area contributed by atoms with Crippen molar-refractivity contribution in [3.8, 4) is 0 Å². The zero-order valence-corrected chi connectivity index (χ0v) is 11.1. The van der Waals surface area contributed by atoms with Crippen LogP contribution in [0.15, 0.2) is 48.7 Å². The van der Waals surface area contributed by atoms with Crippen LogP contribution < -0.4 is 0 Å². The van der Waals surface area contributed by atoms with Gasteiger partial charge in [-0.3, -0.25) is 0 Å². The van der Waals surface area contributed by atoms with Crippen LogP contribution in [0.3, 0.4) is 0 Å². The fourth-order valence-electron chi connectivity index (χ4n) is 2.93. The van der Waals surface area contributed by atoms with Crippen LogP contribution in [0.1, 0.15) is 22.3 Å². The van der Waals surface area contributed by atoms with Crippen LogP contribution in [-0.2, 0) is 29.1 Å². The second kappa shape index (κ2) is 4.80. The molecule has 2 aromatic carbocycles. The van der Waals surface area contributed by atoms with E-state index in [4.69, 9.17) is 9.47 Å². The van der Waals surface area contributed by atoms with Gasteiger partial charge in [-0.2, -0.15) is 0 Å². The largest absolute Gasteiger partial charge is 0.496 e. The molecule has 1 unspecified atom stereocenters. The Morgan fingerprint density at radius 2 is 1.90 bits per heavy atom. The minimum Gasteiger partial charge on any atom is -0.496 e. The minimum absolute atomic E-state index is 0.0580. The zero-order valence-electron chi connectivity index (χ0n) is 11.1. The first kappa shape index (κ1) is 11.7. The molecule has 0 saturated heterocycles. The van der Waals surface area contributed by atoms with Gasteiger partial charge in [0, 0.05) is 12.0 Å². The summed E-state index contributed by atoms with van der Waals surface area (Å²) in [5, 5.41) is 0. The number of ether oxygens (including phenoxy) is 2. The third-order valence-corrected chi connectivity index (χ3v) is 3.99. The maximum absolute atomic E-state index is 6.03. The van der Waals surface area contributed by atoms with Crippen molar-refractivity contribution in [1.29, 1.82) is 0 Å². The fourth-order valence-corrected chi connectivity index (χ4v) is 2.93. The maximum atomic E-state index is 6.03. The SMILES string of the molecule is [c]1cccc2c1CC(C1=COCc3ccccc31)OC2. The lowest BCUT2D eigenvalue weighted by Crippen LogP contribution is -2.25. The van der Waals surface area contributed by atoms with Crippen LogP contribution >= 0.6 is 0 Å². The molecule has 2 heteroatoms. The van der Waals surface area contributed by atoms with Gasteiger partial charge >= 0.3 is 0 Å². The quantitative estimate of drug-likeness (QED) is 0.784. The summed E-state index contributed by atoms with van der Waals surface area (Å²) in [5.74, 6) is 0. The van der Waals surface area contributed by atoms with Gasteiger partial charge in [-0.05, 0) is 28.3 Å². The smallest absolute Gasteiger partial charge is 0.113 e. The maximum Gasteiger partial charge on any atom is 0.113 e. The van der Waals surface area contributed by atoms with E-state index in [-0.39, 0.29) is 6.10 Å². The predicted octanol–water partition coefficient (Wildman–Crippen LogP) is 3.50. The summed E-state index contributed by atoms with van der Waals surface area (Å²) in [6, 6.07) is 17.8. The van der Waals surface area contributed by atoms with Crippen molar-refractivity contribution in [2.45, 2.75) is 25.7 Å². The Morgan fingerprint density at radius 1 is 1.00 bits per heavy atom. The first-order valence-electron chi connectivity index (χ1n) is 6.92. The number of fused-ring (bicyclic) bond motifs is 2. The Kier molecular flexibility index (Phi) is 2.82. The Hall–Kier alpha value is -2.06. The fraction of sp³-hybridized carbons (Fsp3) is 0.222. The molecule has 0 aliphatic carbocycles. The summed E-state index contributed by atoms with van der Waals surface area (Å²) in [5.41, 5.74) is 6.14. The van der Waals surface area contributed by atoms with Crippen molar-refractivity contribution in [3.05, 3.63) is 77.0 Å². The Morgan fingerprint density at radius 3 is 2.90 bits per heavy atom. The van der Waals surface area contributed by atoms with Crippen LogP contribution in [0, 0.1) is 6.07 Å². The standard InChI is InChI=1S/C18H15O2/c1-2-6-14-11-20-18(9-13(14)5-1)17-12-19-10-15-7-3-4-8-16(15)17/h1-4,6-8,12,18H,9-11H2. The van der Waals surface area contributed by atoms with Gasteiger partial charge in [0.15, 0.2) is 0 Å². The number of rotatable bonds is 1. The van der Waals surface area contributed by atoms with E-state index in [2.05, 4.69) is 36.4 Å². The topological polar surface area (TPSA) is 18.5 Å². The highest BCUT2D eigenvalue weighted by molar-refractivity contribution is 5.72. The molecule has 0 saturated carbocycles. The second-order valence-corrected chi connectivity index (χ2v) is 5.22. The molecule has 2 aliphatic heterocycles. The highest BCUT2D eigenvalue weighted by atomic mass is 16.5. The molecule has 99 valence electrons.